The van der Waals surface area contributed by atoms with Gasteiger partial charge in [0.05, 0.1) is 5.56 Å². The van der Waals surface area contributed by atoms with Crippen molar-refractivity contribution in [3.8, 4) is 11.1 Å². The van der Waals surface area contributed by atoms with Crippen LogP contribution in [-0.2, 0) is 6.18 Å². The zero-order valence-electron chi connectivity index (χ0n) is 13.9. The van der Waals surface area contributed by atoms with Crippen molar-refractivity contribution < 1.29 is 17.6 Å². The molecule has 0 unspecified atom stereocenters. The lowest BCUT2D eigenvalue weighted by atomic mass is 10.0. The van der Waals surface area contributed by atoms with Crippen molar-refractivity contribution in [1.82, 2.24) is 9.97 Å². The van der Waals surface area contributed by atoms with Crippen LogP contribution in [0.3, 0.4) is 0 Å². The predicted molar refractivity (Wildman–Crippen MR) is 92.6 cm³/mol. The second-order valence-corrected chi connectivity index (χ2v) is 6.76. The van der Waals surface area contributed by atoms with Crippen LogP contribution in [0.25, 0.3) is 11.1 Å². The molecule has 1 aromatic heterocycles. The molecule has 3 rings (SSSR count). The van der Waals surface area contributed by atoms with Crippen molar-refractivity contribution in [2.45, 2.75) is 50.7 Å². The molecule has 0 saturated heterocycles. The molecule has 1 aliphatic carbocycles. The van der Waals surface area contributed by atoms with Crippen molar-refractivity contribution in [2.24, 2.45) is 0 Å². The van der Waals surface area contributed by atoms with Gasteiger partial charge in [-0.2, -0.15) is 13.2 Å². The van der Waals surface area contributed by atoms with Crippen molar-refractivity contribution in [3.05, 3.63) is 41.1 Å². The third-order valence-corrected chi connectivity index (χ3v) is 4.72. The molecule has 0 aliphatic heterocycles. The van der Waals surface area contributed by atoms with Gasteiger partial charge < -0.3 is 5.32 Å². The number of nitrogens with zero attached hydrogens (tertiary/aromatic N) is 2. The van der Waals surface area contributed by atoms with Crippen LogP contribution in [0, 0.1) is 5.82 Å². The van der Waals surface area contributed by atoms with E-state index >= 15 is 0 Å². The number of nitrogens with one attached hydrogen (secondary N) is 1. The van der Waals surface area contributed by atoms with Crippen LogP contribution in [0.5, 0.6) is 0 Å². The number of halogens is 5. The van der Waals surface area contributed by atoms with Crippen LogP contribution in [0.15, 0.2) is 24.4 Å². The summed E-state index contributed by atoms with van der Waals surface area (Å²) in [7, 11) is 0. The van der Waals surface area contributed by atoms with E-state index in [9.17, 15) is 17.6 Å². The minimum Gasteiger partial charge on any atom is -0.367 e. The van der Waals surface area contributed by atoms with Crippen molar-refractivity contribution in [1.29, 1.82) is 0 Å². The first kappa shape index (κ1) is 18.9. The zero-order valence-corrected chi connectivity index (χ0v) is 14.7. The summed E-state index contributed by atoms with van der Waals surface area (Å²) in [6.07, 6.45) is 3.15. The Morgan fingerprint density at radius 3 is 2.35 bits per heavy atom. The number of alkyl halides is 3. The van der Waals surface area contributed by atoms with E-state index in [1.54, 1.807) is 0 Å². The Morgan fingerprint density at radius 1 is 1.04 bits per heavy atom. The fraction of sp³-hybridized carbons (Fsp3) is 0.444. The van der Waals surface area contributed by atoms with Crippen LogP contribution in [0.1, 0.15) is 44.1 Å². The smallest absolute Gasteiger partial charge is 0.367 e. The summed E-state index contributed by atoms with van der Waals surface area (Å²) in [5, 5.41) is 3.27. The second kappa shape index (κ2) is 7.78. The van der Waals surface area contributed by atoms with E-state index in [1.165, 1.54) is 19.0 Å². The van der Waals surface area contributed by atoms with E-state index in [1.807, 2.05) is 0 Å². The molecule has 0 amide bonds. The summed E-state index contributed by atoms with van der Waals surface area (Å²) in [5.41, 5.74) is -0.734. The Bertz CT molecular complexity index is 772. The third kappa shape index (κ3) is 4.44. The van der Waals surface area contributed by atoms with Gasteiger partial charge in [0.15, 0.2) is 0 Å². The molecule has 1 saturated carbocycles. The normalized spacial score (nSPS) is 16.3. The van der Waals surface area contributed by atoms with E-state index in [4.69, 9.17) is 11.6 Å². The average Bonchev–Trinajstić information content (AvgIpc) is 2.83. The van der Waals surface area contributed by atoms with E-state index in [-0.39, 0.29) is 16.9 Å². The summed E-state index contributed by atoms with van der Waals surface area (Å²) >= 11 is 5.87. The Kier molecular flexibility index (Phi) is 5.65. The van der Waals surface area contributed by atoms with Gasteiger partial charge in [-0.05, 0) is 36.6 Å². The number of anilines is 1. The fourth-order valence-corrected chi connectivity index (χ4v) is 3.33. The molecule has 8 heteroatoms. The van der Waals surface area contributed by atoms with Crippen LogP contribution >= 0.6 is 11.6 Å². The Labute approximate surface area is 153 Å². The van der Waals surface area contributed by atoms with Crippen LogP contribution in [-0.4, -0.2) is 16.0 Å². The summed E-state index contributed by atoms with van der Waals surface area (Å²) in [6.45, 7) is 0. The SMILES string of the molecule is Fc1cc(C(F)(F)F)ccc1-c1cnc(Cl)nc1NC1CCCCCC1. The van der Waals surface area contributed by atoms with Gasteiger partial charge in [0.2, 0.25) is 5.28 Å². The minimum absolute atomic E-state index is 0.00260. The van der Waals surface area contributed by atoms with E-state index in [0.29, 0.717) is 17.4 Å². The molecular formula is C18H18ClF4N3. The number of hydrogen-bond acceptors (Lipinski definition) is 3. The van der Waals surface area contributed by atoms with E-state index in [0.717, 1.165) is 37.8 Å². The highest BCUT2D eigenvalue weighted by atomic mass is 35.5. The maximum Gasteiger partial charge on any atom is 0.416 e. The first-order valence-electron chi connectivity index (χ1n) is 8.51. The van der Waals surface area contributed by atoms with Gasteiger partial charge in [-0.1, -0.05) is 31.7 Å². The number of benzene rings is 1. The first-order chi connectivity index (χ1) is 12.3. The van der Waals surface area contributed by atoms with Crippen molar-refractivity contribution in [3.63, 3.8) is 0 Å². The molecule has 0 radical (unpaired) electrons. The molecule has 1 N–H and O–H groups in total. The Hall–Kier alpha value is -1.89. The van der Waals surface area contributed by atoms with Crippen LogP contribution < -0.4 is 5.32 Å². The summed E-state index contributed by atoms with van der Waals surface area (Å²) in [4.78, 5) is 8.01. The van der Waals surface area contributed by atoms with E-state index in [2.05, 4.69) is 15.3 Å². The van der Waals surface area contributed by atoms with Gasteiger partial charge >= 0.3 is 6.18 Å². The molecule has 2 aromatic rings. The lowest BCUT2D eigenvalue weighted by Gasteiger charge is -2.19. The number of hydrogen-bond donors (Lipinski definition) is 1. The largest absolute Gasteiger partial charge is 0.416 e. The molecule has 1 fully saturated rings. The molecule has 0 spiro atoms. The van der Waals surface area contributed by atoms with Gasteiger partial charge in [0.1, 0.15) is 11.6 Å². The molecular weight excluding hydrogens is 370 g/mol. The molecule has 26 heavy (non-hydrogen) atoms. The number of rotatable bonds is 3. The van der Waals surface area contributed by atoms with Gasteiger partial charge in [-0.3, -0.25) is 0 Å². The highest BCUT2D eigenvalue weighted by Crippen LogP contribution is 2.35. The highest BCUT2D eigenvalue weighted by molar-refractivity contribution is 6.28. The molecule has 0 atom stereocenters. The fourth-order valence-electron chi connectivity index (χ4n) is 3.19. The maximum atomic E-state index is 14.4. The van der Waals surface area contributed by atoms with E-state index < -0.39 is 17.6 Å². The highest BCUT2D eigenvalue weighted by Gasteiger charge is 2.31. The van der Waals surface area contributed by atoms with Gasteiger partial charge in [0.25, 0.3) is 0 Å². The lowest BCUT2D eigenvalue weighted by Crippen LogP contribution is -2.20. The molecule has 140 valence electrons. The second-order valence-electron chi connectivity index (χ2n) is 6.43. The quantitative estimate of drug-likeness (QED) is 0.393. The first-order valence-corrected chi connectivity index (χ1v) is 8.88. The predicted octanol–water partition coefficient (Wildman–Crippen LogP) is 6.09. The zero-order chi connectivity index (χ0) is 18.7. The van der Waals surface area contributed by atoms with Crippen molar-refractivity contribution in [2.75, 3.05) is 5.32 Å². The maximum absolute atomic E-state index is 14.4. The molecule has 1 aromatic carbocycles. The molecule has 0 bridgehead atoms. The van der Waals surface area contributed by atoms with Crippen LogP contribution in [0.4, 0.5) is 23.4 Å². The number of aromatic nitrogens is 2. The molecule has 3 nitrogen and oxygen atoms in total. The third-order valence-electron chi connectivity index (χ3n) is 4.54. The minimum atomic E-state index is -4.60. The standard InChI is InChI=1S/C18H18ClF4N3/c19-17-24-10-14(13-8-7-11(9-15(13)20)18(21,22)23)16(26-17)25-12-5-3-1-2-4-6-12/h7-10,12H,1-6H2,(H,24,25,26). The molecule has 1 heterocycles. The average molecular weight is 388 g/mol. The van der Waals surface area contributed by atoms with Gasteiger partial charge in [-0.25, -0.2) is 14.4 Å². The lowest BCUT2D eigenvalue weighted by molar-refractivity contribution is -0.137. The van der Waals surface area contributed by atoms with Gasteiger partial charge in [-0.15, -0.1) is 0 Å². The molecule has 1 aliphatic rings. The topological polar surface area (TPSA) is 37.8 Å². The summed E-state index contributed by atoms with van der Waals surface area (Å²) in [5.74, 6) is -0.634. The monoisotopic (exact) mass is 387 g/mol. The Balaban J connectivity index is 1.95. The summed E-state index contributed by atoms with van der Waals surface area (Å²) < 4.78 is 52.7. The van der Waals surface area contributed by atoms with Crippen molar-refractivity contribution >= 4 is 17.4 Å². The van der Waals surface area contributed by atoms with Gasteiger partial charge in [0, 0.05) is 23.4 Å². The van der Waals surface area contributed by atoms with Crippen LogP contribution in [0.2, 0.25) is 5.28 Å². The summed E-state index contributed by atoms with van der Waals surface area (Å²) in [6, 6.07) is 2.60. The Morgan fingerprint density at radius 2 is 1.73 bits per heavy atom.